The summed E-state index contributed by atoms with van der Waals surface area (Å²) >= 11 is 0. The zero-order valence-corrected chi connectivity index (χ0v) is 12.2. The van der Waals surface area contributed by atoms with Gasteiger partial charge in [-0.3, -0.25) is 4.79 Å². The summed E-state index contributed by atoms with van der Waals surface area (Å²) in [5.74, 6) is 0.624. The Labute approximate surface area is 125 Å². The SMILES string of the molecule is N#C[C@@H]1CCCN1C(=O)C1CC(Cc2ccccc2)CN1. The van der Waals surface area contributed by atoms with E-state index < -0.39 is 0 Å². The van der Waals surface area contributed by atoms with E-state index in [1.54, 1.807) is 4.90 Å². The van der Waals surface area contributed by atoms with Crippen molar-refractivity contribution in [3.8, 4) is 6.07 Å². The molecule has 0 aromatic heterocycles. The summed E-state index contributed by atoms with van der Waals surface area (Å²) < 4.78 is 0. The molecule has 1 aromatic carbocycles. The number of carbonyl (C=O) groups is 1. The number of nitrogens with one attached hydrogen (secondary N) is 1. The maximum absolute atomic E-state index is 12.5. The van der Waals surface area contributed by atoms with Crippen molar-refractivity contribution in [1.29, 1.82) is 5.26 Å². The lowest BCUT2D eigenvalue weighted by atomic mass is 9.96. The highest BCUT2D eigenvalue weighted by molar-refractivity contribution is 5.83. The van der Waals surface area contributed by atoms with Crippen molar-refractivity contribution < 1.29 is 4.79 Å². The Morgan fingerprint density at radius 2 is 2.19 bits per heavy atom. The molecule has 4 heteroatoms. The number of rotatable bonds is 3. The Morgan fingerprint density at radius 1 is 1.38 bits per heavy atom. The lowest BCUT2D eigenvalue weighted by molar-refractivity contribution is -0.133. The summed E-state index contributed by atoms with van der Waals surface area (Å²) in [4.78, 5) is 14.3. The van der Waals surface area contributed by atoms with Gasteiger partial charge < -0.3 is 10.2 Å². The maximum Gasteiger partial charge on any atom is 0.240 e. The van der Waals surface area contributed by atoms with Gasteiger partial charge in [0.15, 0.2) is 0 Å². The molecule has 0 saturated carbocycles. The summed E-state index contributed by atoms with van der Waals surface area (Å²) in [7, 11) is 0. The van der Waals surface area contributed by atoms with Gasteiger partial charge in [0.1, 0.15) is 6.04 Å². The maximum atomic E-state index is 12.5. The molecule has 0 radical (unpaired) electrons. The number of likely N-dealkylation sites (tertiary alicyclic amines) is 1. The molecule has 0 spiro atoms. The fourth-order valence-electron chi connectivity index (χ4n) is 3.46. The minimum absolute atomic E-state index is 0.104. The number of hydrogen-bond donors (Lipinski definition) is 1. The van der Waals surface area contributed by atoms with Crippen LogP contribution in [0.1, 0.15) is 24.8 Å². The summed E-state index contributed by atoms with van der Waals surface area (Å²) in [6.45, 7) is 1.62. The molecule has 2 aliphatic rings. The lowest BCUT2D eigenvalue weighted by Gasteiger charge is -2.23. The van der Waals surface area contributed by atoms with E-state index in [0.717, 1.165) is 38.8 Å². The van der Waals surface area contributed by atoms with Crippen LogP contribution in [0, 0.1) is 17.2 Å². The van der Waals surface area contributed by atoms with E-state index in [1.807, 2.05) is 6.07 Å². The first kappa shape index (κ1) is 14.1. The van der Waals surface area contributed by atoms with E-state index in [0.29, 0.717) is 5.92 Å². The van der Waals surface area contributed by atoms with Gasteiger partial charge in [0, 0.05) is 6.54 Å². The fraction of sp³-hybridized carbons (Fsp3) is 0.529. The van der Waals surface area contributed by atoms with Gasteiger partial charge in [-0.2, -0.15) is 5.26 Å². The van der Waals surface area contributed by atoms with Gasteiger partial charge in [-0.25, -0.2) is 0 Å². The van der Waals surface area contributed by atoms with Crippen molar-refractivity contribution in [3.63, 3.8) is 0 Å². The van der Waals surface area contributed by atoms with Gasteiger partial charge in [0.05, 0.1) is 12.1 Å². The topological polar surface area (TPSA) is 56.1 Å². The molecule has 1 N–H and O–H groups in total. The third kappa shape index (κ3) is 3.08. The number of amides is 1. The molecule has 110 valence electrons. The Bertz CT molecular complexity index is 537. The summed E-state index contributed by atoms with van der Waals surface area (Å²) in [5.41, 5.74) is 1.33. The normalized spacial score (nSPS) is 28.5. The average molecular weight is 283 g/mol. The second-order valence-corrected chi connectivity index (χ2v) is 6.07. The molecule has 2 aliphatic heterocycles. The third-order valence-electron chi connectivity index (χ3n) is 4.57. The van der Waals surface area contributed by atoms with E-state index in [9.17, 15) is 4.79 Å². The Kier molecular flexibility index (Phi) is 4.21. The average Bonchev–Trinajstić information content (AvgIpc) is 3.16. The van der Waals surface area contributed by atoms with Crippen molar-refractivity contribution in [2.24, 2.45) is 5.92 Å². The summed E-state index contributed by atoms with van der Waals surface area (Å²) in [5, 5.41) is 12.5. The highest BCUT2D eigenvalue weighted by Crippen LogP contribution is 2.24. The predicted molar refractivity (Wildman–Crippen MR) is 80.4 cm³/mol. The van der Waals surface area contributed by atoms with Gasteiger partial charge in [-0.15, -0.1) is 0 Å². The number of nitrogens with zero attached hydrogens (tertiary/aromatic N) is 2. The molecule has 2 unspecified atom stereocenters. The molecule has 3 rings (SSSR count). The second-order valence-electron chi connectivity index (χ2n) is 6.07. The van der Waals surface area contributed by atoms with Crippen LogP contribution in [-0.2, 0) is 11.2 Å². The van der Waals surface area contributed by atoms with Gasteiger partial charge in [-0.05, 0) is 43.7 Å². The highest BCUT2D eigenvalue weighted by Gasteiger charge is 2.36. The van der Waals surface area contributed by atoms with Crippen LogP contribution in [0.5, 0.6) is 0 Å². The number of nitriles is 1. The summed E-state index contributed by atoms with van der Waals surface area (Å²) in [6.07, 6.45) is 3.66. The van der Waals surface area contributed by atoms with E-state index in [2.05, 4.69) is 35.7 Å². The van der Waals surface area contributed by atoms with E-state index in [4.69, 9.17) is 5.26 Å². The standard InChI is InChI=1S/C17H21N3O/c18-11-15-7-4-8-20(15)17(21)16-10-14(12-19-16)9-13-5-2-1-3-6-13/h1-3,5-6,14-16,19H,4,7-10,12H2/t14?,15-,16?/m0/s1. The van der Waals surface area contributed by atoms with Gasteiger partial charge in [0.25, 0.3) is 0 Å². The molecule has 2 fully saturated rings. The first-order valence-corrected chi connectivity index (χ1v) is 7.75. The first-order valence-electron chi connectivity index (χ1n) is 7.75. The van der Waals surface area contributed by atoms with Crippen molar-refractivity contribution in [3.05, 3.63) is 35.9 Å². The molecular formula is C17H21N3O. The van der Waals surface area contributed by atoms with Gasteiger partial charge in [0.2, 0.25) is 5.91 Å². The van der Waals surface area contributed by atoms with Crippen molar-refractivity contribution >= 4 is 5.91 Å². The van der Waals surface area contributed by atoms with Gasteiger partial charge >= 0.3 is 0 Å². The largest absolute Gasteiger partial charge is 0.325 e. The van der Waals surface area contributed by atoms with Crippen molar-refractivity contribution in [1.82, 2.24) is 10.2 Å². The van der Waals surface area contributed by atoms with E-state index >= 15 is 0 Å². The smallest absolute Gasteiger partial charge is 0.240 e. The van der Waals surface area contributed by atoms with Crippen LogP contribution in [0.25, 0.3) is 0 Å². The Balaban J connectivity index is 1.57. The fourth-order valence-corrected chi connectivity index (χ4v) is 3.46. The number of hydrogen-bond acceptors (Lipinski definition) is 3. The molecule has 2 saturated heterocycles. The molecule has 2 heterocycles. The van der Waals surface area contributed by atoms with Crippen LogP contribution >= 0.6 is 0 Å². The highest BCUT2D eigenvalue weighted by atomic mass is 16.2. The zero-order chi connectivity index (χ0) is 14.7. The van der Waals surface area contributed by atoms with Crippen molar-refractivity contribution in [2.45, 2.75) is 37.8 Å². The quantitative estimate of drug-likeness (QED) is 0.919. The van der Waals surface area contributed by atoms with Crippen LogP contribution < -0.4 is 5.32 Å². The van der Waals surface area contributed by atoms with Crippen LogP contribution in [0.4, 0.5) is 0 Å². The van der Waals surface area contributed by atoms with Crippen LogP contribution in [0.3, 0.4) is 0 Å². The Hall–Kier alpha value is -1.86. The molecule has 1 aromatic rings. The van der Waals surface area contributed by atoms with E-state index in [1.165, 1.54) is 5.56 Å². The Morgan fingerprint density at radius 3 is 2.95 bits per heavy atom. The third-order valence-corrected chi connectivity index (χ3v) is 4.57. The second kappa shape index (κ2) is 6.28. The number of benzene rings is 1. The molecule has 0 aliphatic carbocycles. The van der Waals surface area contributed by atoms with E-state index in [-0.39, 0.29) is 18.0 Å². The van der Waals surface area contributed by atoms with Gasteiger partial charge in [-0.1, -0.05) is 30.3 Å². The minimum Gasteiger partial charge on any atom is -0.325 e. The number of carbonyl (C=O) groups excluding carboxylic acids is 1. The molecule has 1 amide bonds. The molecular weight excluding hydrogens is 262 g/mol. The molecule has 3 atom stereocenters. The van der Waals surface area contributed by atoms with Crippen molar-refractivity contribution in [2.75, 3.05) is 13.1 Å². The predicted octanol–water partition coefficient (Wildman–Crippen LogP) is 1.72. The summed E-state index contributed by atoms with van der Waals surface area (Å²) in [6, 6.07) is 12.3. The lowest BCUT2D eigenvalue weighted by Crippen LogP contribution is -2.45. The zero-order valence-electron chi connectivity index (χ0n) is 12.2. The van der Waals surface area contributed by atoms with Crippen LogP contribution in [-0.4, -0.2) is 36.0 Å². The monoisotopic (exact) mass is 283 g/mol. The minimum atomic E-state index is -0.215. The molecule has 21 heavy (non-hydrogen) atoms. The van der Waals surface area contributed by atoms with Crippen LogP contribution in [0.2, 0.25) is 0 Å². The van der Waals surface area contributed by atoms with Crippen LogP contribution in [0.15, 0.2) is 30.3 Å². The first-order chi connectivity index (χ1) is 10.3. The molecule has 4 nitrogen and oxygen atoms in total. The molecule has 0 bridgehead atoms.